The van der Waals surface area contributed by atoms with Crippen LogP contribution in [0.2, 0.25) is 0 Å². The van der Waals surface area contributed by atoms with E-state index in [0.717, 1.165) is 10.2 Å². The predicted molar refractivity (Wildman–Crippen MR) is 78.4 cm³/mol. The van der Waals surface area contributed by atoms with E-state index in [0.29, 0.717) is 5.75 Å². The van der Waals surface area contributed by atoms with Gasteiger partial charge in [-0.25, -0.2) is 0 Å². The molecule has 3 nitrogen and oxygen atoms in total. The van der Waals surface area contributed by atoms with E-state index in [9.17, 15) is 4.57 Å². The molecule has 0 saturated heterocycles. The molecule has 2 aromatic rings. The summed E-state index contributed by atoms with van der Waals surface area (Å²) in [4.78, 5) is 0. The molecule has 5 heteroatoms. The van der Waals surface area contributed by atoms with Crippen molar-refractivity contribution < 1.29 is 9.09 Å². The van der Waals surface area contributed by atoms with Gasteiger partial charge in [0, 0.05) is 16.8 Å². The second-order valence-corrected chi connectivity index (χ2v) is 6.88. The summed E-state index contributed by atoms with van der Waals surface area (Å²) >= 11 is 3.35. The molecule has 2 rings (SSSR count). The summed E-state index contributed by atoms with van der Waals surface area (Å²) in [6, 6.07) is 16.6. The SMILES string of the molecule is C[P@@](=O)(Nc1ccc(Br)cc1)Oc1ccccc1. The van der Waals surface area contributed by atoms with Gasteiger partial charge in [0.2, 0.25) is 0 Å². The summed E-state index contributed by atoms with van der Waals surface area (Å²) < 4.78 is 18.7. The monoisotopic (exact) mass is 325 g/mol. The predicted octanol–water partition coefficient (Wildman–Crippen LogP) is 4.76. The molecule has 1 atom stereocenters. The number of rotatable bonds is 4. The van der Waals surface area contributed by atoms with Crippen LogP contribution in [0.25, 0.3) is 0 Å². The molecule has 0 radical (unpaired) electrons. The minimum absolute atomic E-state index is 0.591. The van der Waals surface area contributed by atoms with Gasteiger partial charge < -0.3 is 9.61 Å². The first-order valence-electron chi connectivity index (χ1n) is 5.41. The topological polar surface area (TPSA) is 38.3 Å². The zero-order valence-electron chi connectivity index (χ0n) is 9.84. The lowest BCUT2D eigenvalue weighted by Crippen LogP contribution is -2.01. The molecule has 0 spiro atoms. The highest BCUT2D eigenvalue weighted by atomic mass is 79.9. The van der Waals surface area contributed by atoms with E-state index in [1.54, 1.807) is 18.8 Å². The van der Waals surface area contributed by atoms with Crippen LogP contribution in [0.5, 0.6) is 5.75 Å². The highest BCUT2D eigenvalue weighted by Gasteiger charge is 2.16. The van der Waals surface area contributed by atoms with Gasteiger partial charge in [-0.3, -0.25) is 4.57 Å². The molecule has 0 heterocycles. The molecule has 0 aliphatic heterocycles. The third-order valence-corrected chi connectivity index (χ3v) is 3.95. The van der Waals surface area contributed by atoms with Crippen molar-refractivity contribution in [2.75, 3.05) is 11.8 Å². The summed E-state index contributed by atoms with van der Waals surface area (Å²) in [7, 11) is -2.92. The second kappa shape index (κ2) is 5.59. The van der Waals surface area contributed by atoms with Crippen LogP contribution >= 0.6 is 23.4 Å². The van der Waals surface area contributed by atoms with Gasteiger partial charge >= 0.3 is 7.52 Å². The van der Waals surface area contributed by atoms with Crippen molar-refractivity contribution >= 4 is 29.1 Å². The first kappa shape index (κ1) is 13.2. The van der Waals surface area contributed by atoms with Crippen molar-refractivity contribution in [2.24, 2.45) is 0 Å². The van der Waals surface area contributed by atoms with Crippen LogP contribution in [-0.2, 0) is 4.57 Å². The Balaban J connectivity index is 2.08. The number of para-hydroxylation sites is 1. The Kier molecular flexibility index (Phi) is 4.10. The fourth-order valence-corrected chi connectivity index (χ4v) is 2.92. The van der Waals surface area contributed by atoms with Crippen molar-refractivity contribution in [3.63, 3.8) is 0 Å². The van der Waals surface area contributed by atoms with Crippen molar-refractivity contribution in [3.8, 4) is 5.75 Å². The van der Waals surface area contributed by atoms with Gasteiger partial charge in [-0.15, -0.1) is 0 Å². The summed E-state index contributed by atoms with van der Waals surface area (Å²) in [5.41, 5.74) is 0.764. The smallest absolute Gasteiger partial charge is 0.338 e. The van der Waals surface area contributed by atoms with E-state index in [1.165, 1.54) is 0 Å². The van der Waals surface area contributed by atoms with Gasteiger partial charge in [-0.1, -0.05) is 34.1 Å². The molecule has 18 heavy (non-hydrogen) atoms. The lowest BCUT2D eigenvalue weighted by molar-refractivity contribution is 0.493. The number of hydrogen-bond acceptors (Lipinski definition) is 2. The minimum atomic E-state index is -2.92. The third-order valence-electron chi connectivity index (χ3n) is 2.20. The Morgan fingerprint density at radius 2 is 1.67 bits per heavy atom. The maximum atomic E-state index is 12.3. The Morgan fingerprint density at radius 3 is 2.28 bits per heavy atom. The first-order chi connectivity index (χ1) is 8.55. The van der Waals surface area contributed by atoms with Gasteiger partial charge in [0.05, 0.1) is 0 Å². The molecule has 0 aliphatic rings. The molecule has 1 N–H and O–H groups in total. The zero-order chi connectivity index (χ0) is 13.0. The van der Waals surface area contributed by atoms with Crippen molar-refractivity contribution in [2.45, 2.75) is 0 Å². The Labute approximate surface area is 115 Å². The average Bonchev–Trinajstić information content (AvgIpc) is 2.32. The van der Waals surface area contributed by atoms with Crippen molar-refractivity contribution in [1.82, 2.24) is 0 Å². The highest BCUT2D eigenvalue weighted by molar-refractivity contribution is 9.10. The van der Waals surface area contributed by atoms with Crippen LogP contribution in [0.15, 0.2) is 59.1 Å². The van der Waals surface area contributed by atoms with Crippen LogP contribution in [-0.4, -0.2) is 6.66 Å². The van der Waals surface area contributed by atoms with Crippen LogP contribution in [0.1, 0.15) is 0 Å². The summed E-state index contributed by atoms with van der Waals surface area (Å²) in [5.74, 6) is 0.591. The Morgan fingerprint density at radius 1 is 1.06 bits per heavy atom. The van der Waals surface area contributed by atoms with Gasteiger partial charge in [0.15, 0.2) is 0 Å². The van der Waals surface area contributed by atoms with E-state index in [2.05, 4.69) is 21.0 Å². The molecule has 0 unspecified atom stereocenters. The second-order valence-electron chi connectivity index (χ2n) is 3.87. The lowest BCUT2D eigenvalue weighted by atomic mass is 10.3. The number of hydrogen-bond donors (Lipinski definition) is 1. The van der Waals surface area contributed by atoms with Crippen LogP contribution in [0, 0.1) is 0 Å². The quantitative estimate of drug-likeness (QED) is 0.823. The first-order valence-corrected chi connectivity index (χ1v) is 8.28. The molecule has 0 saturated carbocycles. The average molecular weight is 326 g/mol. The molecule has 94 valence electrons. The van der Waals surface area contributed by atoms with E-state index >= 15 is 0 Å². The molecule has 0 bridgehead atoms. The molecular formula is C13H13BrNO2P. The van der Waals surface area contributed by atoms with E-state index in [-0.39, 0.29) is 0 Å². The molecule has 0 fully saturated rings. The molecular weight excluding hydrogens is 313 g/mol. The third kappa shape index (κ3) is 3.90. The maximum Gasteiger partial charge on any atom is 0.338 e. The summed E-state index contributed by atoms with van der Waals surface area (Å²) in [5, 5.41) is 2.91. The molecule has 2 aromatic carbocycles. The van der Waals surface area contributed by atoms with Gasteiger partial charge in [-0.05, 0) is 36.4 Å². The molecule has 0 aliphatic carbocycles. The van der Waals surface area contributed by atoms with Crippen molar-refractivity contribution in [1.29, 1.82) is 0 Å². The summed E-state index contributed by atoms with van der Waals surface area (Å²) in [6.45, 7) is 1.56. The van der Waals surface area contributed by atoms with Crippen LogP contribution in [0.3, 0.4) is 0 Å². The maximum absolute atomic E-state index is 12.3. The minimum Gasteiger partial charge on any atom is -0.429 e. The molecule has 0 aromatic heterocycles. The van der Waals surface area contributed by atoms with Crippen LogP contribution < -0.4 is 9.61 Å². The normalized spacial score (nSPS) is 13.7. The Bertz CT molecular complexity index is 557. The fourth-order valence-electron chi connectivity index (χ4n) is 1.46. The van der Waals surface area contributed by atoms with Crippen LogP contribution in [0.4, 0.5) is 5.69 Å². The largest absolute Gasteiger partial charge is 0.429 e. The number of nitrogens with one attached hydrogen (secondary N) is 1. The zero-order valence-corrected chi connectivity index (χ0v) is 12.3. The van der Waals surface area contributed by atoms with E-state index < -0.39 is 7.52 Å². The lowest BCUT2D eigenvalue weighted by Gasteiger charge is -2.17. The Hall–Kier alpha value is -1.25. The van der Waals surface area contributed by atoms with E-state index in [4.69, 9.17) is 4.52 Å². The standard InChI is InChI=1S/C13H13BrNO2P/c1-18(16,17-13-5-3-2-4-6-13)15-12-9-7-11(14)8-10-12/h2-10H,1H3,(H,15,16)/t18-/m0/s1. The van der Waals surface area contributed by atoms with E-state index in [1.807, 2.05) is 42.5 Å². The summed E-state index contributed by atoms with van der Waals surface area (Å²) in [6.07, 6.45) is 0. The van der Waals surface area contributed by atoms with Gasteiger partial charge in [0.25, 0.3) is 0 Å². The fraction of sp³-hybridized carbons (Fsp3) is 0.0769. The van der Waals surface area contributed by atoms with Crippen molar-refractivity contribution in [3.05, 3.63) is 59.1 Å². The number of benzene rings is 2. The van der Waals surface area contributed by atoms with Gasteiger partial charge in [0.1, 0.15) is 5.75 Å². The highest BCUT2D eigenvalue weighted by Crippen LogP contribution is 2.43. The molecule has 0 amide bonds. The number of halogens is 1. The number of anilines is 1. The van der Waals surface area contributed by atoms with Gasteiger partial charge in [-0.2, -0.15) is 0 Å².